The van der Waals surface area contributed by atoms with Gasteiger partial charge in [0.05, 0.1) is 0 Å². The van der Waals surface area contributed by atoms with E-state index in [9.17, 15) is 4.79 Å². The summed E-state index contributed by atoms with van der Waals surface area (Å²) < 4.78 is 0. The predicted octanol–water partition coefficient (Wildman–Crippen LogP) is 3.40. The summed E-state index contributed by atoms with van der Waals surface area (Å²) in [5.41, 5.74) is 2.03. The van der Waals surface area contributed by atoms with Crippen molar-refractivity contribution in [1.29, 1.82) is 0 Å². The van der Waals surface area contributed by atoms with Crippen molar-refractivity contribution in [2.24, 2.45) is 0 Å². The molecule has 0 heterocycles. The molecule has 0 radical (unpaired) electrons. The molecule has 0 aliphatic carbocycles. The maximum atomic E-state index is 11.0. The van der Waals surface area contributed by atoms with Gasteiger partial charge < -0.3 is 5.32 Å². The van der Waals surface area contributed by atoms with Gasteiger partial charge >= 0.3 is 0 Å². The van der Waals surface area contributed by atoms with Gasteiger partial charge in [0.15, 0.2) is 0 Å². The lowest BCUT2D eigenvalue weighted by atomic mass is 10.1. The molecule has 0 aliphatic heterocycles. The van der Waals surface area contributed by atoms with Crippen LogP contribution in [0.2, 0.25) is 0 Å². The Kier molecular flexibility index (Phi) is 6.98. The Hall–Kier alpha value is -1.57. The highest BCUT2D eigenvalue weighted by atomic mass is 16.1. The van der Waals surface area contributed by atoms with Gasteiger partial charge in [-0.15, -0.1) is 0 Å². The largest absolute Gasteiger partial charge is 0.323 e. The molecule has 1 amide bonds. The molecule has 1 rings (SSSR count). The fourth-order valence-corrected chi connectivity index (χ4v) is 1.06. The fourth-order valence-electron chi connectivity index (χ4n) is 1.06. The molecule has 15 heavy (non-hydrogen) atoms. The number of benzene rings is 1. The van der Waals surface area contributed by atoms with E-state index in [4.69, 9.17) is 0 Å². The van der Waals surface area contributed by atoms with Crippen molar-refractivity contribution in [2.45, 2.75) is 27.2 Å². The Bertz CT molecular complexity index is 318. The van der Waals surface area contributed by atoms with E-state index < -0.39 is 0 Å². The molecular formula is C13H19NO. The number of aryl methyl sites for hydroxylation is 1. The van der Waals surface area contributed by atoms with Crippen molar-refractivity contribution in [3.63, 3.8) is 0 Å². The van der Waals surface area contributed by atoms with Crippen LogP contribution in [0, 0.1) is 0 Å². The minimum Gasteiger partial charge on any atom is -0.323 e. The SMILES string of the molecule is C=CC(=O)Nc1cccc(CC)c1.CC. The molecule has 0 fully saturated rings. The summed E-state index contributed by atoms with van der Waals surface area (Å²) in [4.78, 5) is 11.0. The molecule has 82 valence electrons. The molecule has 0 spiro atoms. The van der Waals surface area contributed by atoms with Crippen LogP contribution in [0.4, 0.5) is 5.69 Å². The summed E-state index contributed by atoms with van der Waals surface area (Å²) in [5.74, 6) is -0.173. The molecule has 2 nitrogen and oxygen atoms in total. The summed E-state index contributed by atoms with van der Waals surface area (Å²) in [6.45, 7) is 9.47. The summed E-state index contributed by atoms with van der Waals surface area (Å²) in [6.07, 6.45) is 2.23. The Balaban J connectivity index is 0.000000921. The molecule has 1 aromatic carbocycles. The topological polar surface area (TPSA) is 29.1 Å². The lowest BCUT2D eigenvalue weighted by Gasteiger charge is -2.03. The van der Waals surface area contributed by atoms with Crippen LogP contribution in [0.25, 0.3) is 0 Å². The molecule has 0 aromatic heterocycles. The van der Waals surface area contributed by atoms with Crippen LogP contribution in [0.5, 0.6) is 0 Å². The van der Waals surface area contributed by atoms with Crippen molar-refractivity contribution in [1.82, 2.24) is 0 Å². The summed E-state index contributed by atoms with van der Waals surface area (Å²) >= 11 is 0. The number of nitrogens with one attached hydrogen (secondary N) is 1. The molecule has 1 N–H and O–H groups in total. The van der Waals surface area contributed by atoms with E-state index >= 15 is 0 Å². The third-order valence-corrected chi connectivity index (χ3v) is 1.79. The number of anilines is 1. The molecule has 1 aromatic rings. The first-order valence-electron chi connectivity index (χ1n) is 5.28. The summed E-state index contributed by atoms with van der Waals surface area (Å²) in [6, 6.07) is 7.78. The van der Waals surface area contributed by atoms with Crippen LogP contribution in [0.1, 0.15) is 26.3 Å². The molecule has 2 heteroatoms. The molecule has 0 unspecified atom stereocenters. The fraction of sp³-hybridized carbons (Fsp3) is 0.308. The van der Waals surface area contributed by atoms with Crippen LogP contribution in [-0.4, -0.2) is 5.91 Å². The monoisotopic (exact) mass is 205 g/mol. The average molecular weight is 205 g/mol. The first-order valence-corrected chi connectivity index (χ1v) is 5.28. The van der Waals surface area contributed by atoms with E-state index in [2.05, 4.69) is 18.8 Å². The van der Waals surface area contributed by atoms with Gasteiger partial charge in [0.1, 0.15) is 0 Å². The van der Waals surface area contributed by atoms with Crippen LogP contribution in [0.3, 0.4) is 0 Å². The highest BCUT2D eigenvalue weighted by Gasteiger charge is 1.96. The van der Waals surface area contributed by atoms with E-state index in [1.807, 2.05) is 38.1 Å². The molecule has 0 saturated heterocycles. The minimum absolute atomic E-state index is 0.173. The molecule has 0 bridgehead atoms. The van der Waals surface area contributed by atoms with Crippen LogP contribution in [-0.2, 0) is 11.2 Å². The third kappa shape index (κ3) is 5.01. The summed E-state index contributed by atoms with van der Waals surface area (Å²) in [7, 11) is 0. The highest BCUT2D eigenvalue weighted by molar-refractivity contribution is 5.98. The van der Waals surface area contributed by atoms with Gasteiger partial charge in [-0.3, -0.25) is 4.79 Å². The van der Waals surface area contributed by atoms with E-state index in [0.717, 1.165) is 12.1 Å². The van der Waals surface area contributed by atoms with Crippen LogP contribution in [0.15, 0.2) is 36.9 Å². The van der Waals surface area contributed by atoms with Gasteiger partial charge in [0.2, 0.25) is 5.91 Å². The van der Waals surface area contributed by atoms with Gasteiger partial charge in [-0.25, -0.2) is 0 Å². The third-order valence-electron chi connectivity index (χ3n) is 1.79. The second kappa shape index (κ2) is 7.80. The van der Waals surface area contributed by atoms with E-state index in [0.29, 0.717) is 0 Å². The van der Waals surface area contributed by atoms with Gasteiger partial charge in [0, 0.05) is 5.69 Å². The zero-order chi connectivity index (χ0) is 11.7. The van der Waals surface area contributed by atoms with Gasteiger partial charge in [-0.05, 0) is 30.2 Å². The molecule has 0 saturated carbocycles. The standard InChI is InChI=1S/C11H13NO.C2H6/c1-3-9-6-5-7-10(8-9)12-11(13)4-2;1-2/h4-8H,2-3H2,1H3,(H,12,13);1-2H3. The molecular weight excluding hydrogens is 186 g/mol. The lowest BCUT2D eigenvalue weighted by molar-refractivity contribution is -0.111. The first-order chi connectivity index (χ1) is 7.26. The number of amides is 1. The first kappa shape index (κ1) is 13.4. The maximum absolute atomic E-state index is 11.0. The number of rotatable bonds is 3. The van der Waals surface area contributed by atoms with Crippen LogP contribution >= 0.6 is 0 Å². The quantitative estimate of drug-likeness (QED) is 0.753. The zero-order valence-electron chi connectivity index (χ0n) is 9.71. The molecule has 0 aliphatic rings. The average Bonchev–Trinajstić information content (AvgIpc) is 2.31. The number of carbonyl (C=O) groups is 1. The van der Waals surface area contributed by atoms with Crippen molar-refractivity contribution in [3.8, 4) is 0 Å². The van der Waals surface area contributed by atoms with Gasteiger partial charge in [-0.2, -0.15) is 0 Å². The van der Waals surface area contributed by atoms with E-state index in [-0.39, 0.29) is 5.91 Å². The number of hydrogen-bond donors (Lipinski definition) is 1. The normalized spacial score (nSPS) is 8.47. The maximum Gasteiger partial charge on any atom is 0.247 e. The van der Waals surface area contributed by atoms with Crippen molar-refractivity contribution in [3.05, 3.63) is 42.5 Å². The number of carbonyl (C=O) groups excluding carboxylic acids is 1. The highest BCUT2D eigenvalue weighted by Crippen LogP contribution is 2.10. The molecule has 0 atom stereocenters. The Morgan fingerprint density at radius 2 is 2.13 bits per heavy atom. The smallest absolute Gasteiger partial charge is 0.247 e. The van der Waals surface area contributed by atoms with Crippen LogP contribution < -0.4 is 5.32 Å². The van der Waals surface area contributed by atoms with Gasteiger partial charge in [0.25, 0.3) is 0 Å². The number of hydrogen-bond acceptors (Lipinski definition) is 1. The Labute approximate surface area is 92.0 Å². The Morgan fingerprint density at radius 3 is 2.67 bits per heavy atom. The van der Waals surface area contributed by atoms with Gasteiger partial charge in [-0.1, -0.05) is 39.5 Å². The predicted molar refractivity (Wildman–Crippen MR) is 66.0 cm³/mol. The second-order valence-electron chi connectivity index (χ2n) is 2.75. The Morgan fingerprint density at radius 1 is 1.47 bits per heavy atom. The zero-order valence-corrected chi connectivity index (χ0v) is 9.71. The van der Waals surface area contributed by atoms with E-state index in [1.54, 1.807) is 0 Å². The second-order valence-corrected chi connectivity index (χ2v) is 2.75. The van der Waals surface area contributed by atoms with Crippen molar-refractivity contribution < 1.29 is 4.79 Å². The van der Waals surface area contributed by atoms with Crippen molar-refractivity contribution in [2.75, 3.05) is 5.32 Å². The minimum atomic E-state index is -0.173. The lowest BCUT2D eigenvalue weighted by Crippen LogP contribution is -2.07. The summed E-state index contributed by atoms with van der Waals surface area (Å²) in [5, 5.41) is 2.71. The van der Waals surface area contributed by atoms with Crippen molar-refractivity contribution >= 4 is 11.6 Å². The van der Waals surface area contributed by atoms with E-state index in [1.165, 1.54) is 11.6 Å².